The van der Waals surface area contributed by atoms with Gasteiger partial charge in [0.15, 0.2) is 0 Å². The molecule has 0 aliphatic carbocycles. The van der Waals surface area contributed by atoms with Gasteiger partial charge in [0.2, 0.25) is 5.91 Å². The first-order chi connectivity index (χ1) is 33.0. The highest BCUT2D eigenvalue weighted by molar-refractivity contribution is 5.76. The number of unbranched alkanes of at least 4 members (excludes halogenated alkanes) is 44. The van der Waals surface area contributed by atoms with E-state index < -0.39 is 12.1 Å². The Hall–Kier alpha value is -1.40. The topological polar surface area (TPSA) is 95.9 Å². The fraction of sp³-hybridized carbons (Fsp3) is 0.934. The molecule has 0 fully saturated rings. The van der Waals surface area contributed by atoms with Crippen LogP contribution in [-0.4, -0.2) is 47.4 Å². The van der Waals surface area contributed by atoms with E-state index >= 15 is 0 Å². The molecule has 0 saturated heterocycles. The number of aliphatic hydroxyl groups excluding tert-OH is 2. The molecule has 67 heavy (non-hydrogen) atoms. The van der Waals surface area contributed by atoms with Crippen molar-refractivity contribution >= 4 is 11.9 Å². The number of nitrogens with one attached hydrogen (secondary N) is 1. The minimum absolute atomic E-state index is 0.000372. The molecule has 3 N–H and O–H groups in total. The Balaban J connectivity index is 3.40. The summed E-state index contributed by atoms with van der Waals surface area (Å²) >= 11 is 0. The number of amides is 1. The molecule has 0 radical (unpaired) electrons. The zero-order valence-corrected chi connectivity index (χ0v) is 45.4. The average molecular weight is 947 g/mol. The van der Waals surface area contributed by atoms with Crippen LogP contribution in [0.1, 0.15) is 341 Å². The predicted molar refractivity (Wildman–Crippen MR) is 292 cm³/mol. The van der Waals surface area contributed by atoms with Gasteiger partial charge in [-0.15, -0.1) is 0 Å². The van der Waals surface area contributed by atoms with Crippen molar-refractivity contribution in [3.63, 3.8) is 0 Å². The van der Waals surface area contributed by atoms with E-state index in [0.717, 1.165) is 44.9 Å². The lowest BCUT2D eigenvalue weighted by molar-refractivity contribution is -0.143. The van der Waals surface area contributed by atoms with Gasteiger partial charge in [-0.2, -0.15) is 0 Å². The van der Waals surface area contributed by atoms with Crippen molar-refractivity contribution < 1.29 is 24.5 Å². The van der Waals surface area contributed by atoms with Crippen molar-refractivity contribution in [2.75, 3.05) is 13.2 Å². The molecule has 6 heteroatoms. The molecule has 0 aliphatic heterocycles. The second-order valence-electron chi connectivity index (χ2n) is 21.0. The van der Waals surface area contributed by atoms with Crippen molar-refractivity contribution in [3.05, 3.63) is 12.2 Å². The first kappa shape index (κ1) is 65.6. The van der Waals surface area contributed by atoms with E-state index in [-0.39, 0.29) is 18.5 Å². The molecule has 0 rings (SSSR count). The van der Waals surface area contributed by atoms with Gasteiger partial charge < -0.3 is 20.3 Å². The Morgan fingerprint density at radius 2 is 0.701 bits per heavy atom. The minimum Gasteiger partial charge on any atom is -0.466 e. The number of aliphatic hydroxyl groups is 2. The van der Waals surface area contributed by atoms with E-state index in [1.54, 1.807) is 0 Å². The van der Waals surface area contributed by atoms with Crippen molar-refractivity contribution in [1.82, 2.24) is 5.32 Å². The maximum Gasteiger partial charge on any atom is 0.305 e. The number of allylic oxidation sites excluding steroid dienone is 2. The van der Waals surface area contributed by atoms with Crippen LogP contribution in [0.3, 0.4) is 0 Å². The molecule has 0 aromatic rings. The Bertz CT molecular complexity index is 1000. The average Bonchev–Trinajstić information content (AvgIpc) is 3.33. The Morgan fingerprint density at radius 3 is 1.06 bits per heavy atom. The molecule has 6 nitrogen and oxygen atoms in total. The van der Waals surface area contributed by atoms with Crippen LogP contribution in [0.4, 0.5) is 0 Å². The Labute approximate surface area is 419 Å². The summed E-state index contributed by atoms with van der Waals surface area (Å²) in [5.74, 6) is -0.0363. The Morgan fingerprint density at radius 1 is 0.403 bits per heavy atom. The lowest BCUT2D eigenvalue weighted by atomic mass is 10.0. The highest BCUT2D eigenvalue weighted by Crippen LogP contribution is 2.18. The maximum absolute atomic E-state index is 12.5. The molecular weight excluding hydrogens is 827 g/mol. The number of esters is 1. The van der Waals surface area contributed by atoms with E-state index in [1.165, 1.54) is 263 Å². The summed E-state index contributed by atoms with van der Waals surface area (Å²) in [7, 11) is 0. The molecule has 2 unspecified atom stereocenters. The SMILES string of the molecule is CCCCCCC/C=C\CCCCCCCC(=O)OCCCCCCCCCCCCCCCCCCCCC(=O)NC(CO)C(O)CCCCCCCCCCCCCCCCCCCC. The number of ether oxygens (including phenoxy) is 1. The fourth-order valence-corrected chi connectivity index (χ4v) is 9.64. The lowest BCUT2D eigenvalue weighted by Gasteiger charge is -2.22. The number of carbonyl (C=O) groups excluding carboxylic acids is 2. The van der Waals surface area contributed by atoms with Crippen molar-refractivity contribution in [1.29, 1.82) is 0 Å². The molecule has 1 amide bonds. The van der Waals surface area contributed by atoms with Gasteiger partial charge in [0, 0.05) is 12.8 Å². The highest BCUT2D eigenvalue weighted by Gasteiger charge is 2.20. The van der Waals surface area contributed by atoms with Gasteiger partial charge in [-0.05, 0) is 51.4 Å². The van der Waals surface area contributed by atoms with E-state index in [4.69, 9.17) is 4.74 Å². The monoisotopic (exact) mass is 946 g/mol. The van der Waals surface area contributed by atoms with Crippen molar-refractivity contribution in [2.24, 2.45) is 0 Å². The van der Waals surface area contributed by atoms with Gasteiger partial charge in [0.25, 0.3) is 0 Å². The van der Waals surface area contributed by atoms with Crippen LogP contribution in [0.5, 0.6) is 0 Å². The summed E-state index contributed by atoms with van der Waals surface area (Å²) in [5.41, 5.74) is 0. The smallest absolute Gasteiger partial charge is 0.305 e. The number of carbonyl (C=O) groups is 2. The highest BCUT2D eigenvalue weighted by atomic mass is 16.5. The second kappa shape index (κ2) is 57.2. The van der Waals surface area contributed by atoms with Crippen LogP contribution >= 0.6 is 0 Å². The second-order valence-corrected chi connectivity index (χ2v) is 21.0. The first-order valence-electron chi connectivity index (χ1n) is 30.4. The summed E-state index contributed by atoms with van der Waals surface area (Å²) in [6.07, 6.45) is 67.8. The first-order valence-corrected chi connectivity index (χ1v) is 30.4. The molecule has 0 spiro atoms. The minimum atomic E-state index is -0.667. The molecule has 0 heterocycles. The van der Waals surface area contributed by atoms with Crippen LogP contribution < -0.4 is 5.32 Å². The quantitative estimate of drug-likeness (QED) is 0.0321. The molecule has 398 valence electrons. The van der Waals surface area contributed by atoms with Gasteiger partial charge >= 0.3 is 5.97 Å². The maximum atomic E-state index is 12.5. The third-order valence-electron chi connectivity index (χ3n) is 14.3. The summed E-state index contributed by atoms with van der Waals surface area (Å²) in [6, 6.07) is -0.544. The lowest BCUT2D eigenvalue weighted by Crippen LogP contribution is -2.45. The molecule has 0 aliphatic rings. The van der Waals surface area contributed by atoms with E-state index in [0.29, 0.717) is 25.9 Å². The molecule has 0 aromatic carbocycles. The van der Waals surface area contributed by atoms with Crippen molar-refractivity contribution in [2.45, 2.75) is 353 Å². The molecule has 0 saturated carbocycles. The largest absolute Gasteiger partial charge is 0.466 e. The van der Waals surface area contributed by atoms with Gasteiger partial charge in [0.05, 0.1) is 25.4 Å². The standard InChI is InChI=1S/C61H119NO5/c1-3-5-7-9-11-13-15-17-19-20-23-26-29-33-37-41-45-49-53-59(64)58(57-63)62-60(65)54-50-46-42-38-34-30-27-24-21-22-25-28-32-36-40-44-48-52-56-67-61(66)55-51-47-43-39-35-31-18-16-14-12-10-8-6-4-2/h16,18,58-59,63-64H,3-15,17,19-57H2,1-2H3,(H,62,65)/b18-16-. The van der Waals surface area contributed by atoms with Crippen LogP contribution in [0.2, 0.25) is 0 Å². The summed E-state index contributed by atoms with van der Waals surface area (Å²) in [4.78, 5) is 24.5. The Kier molecular flexibility index (Phi) is 56.0. The molecule has 0 aromatic heterocycles. The van der Waals surface area contributed by atoms with Crippen LogP contribution in [0, 0.1) is 0 Å². The molecular formula is C61H119NO5. The summed E-state index contributed by atoms with van der Waals surface area (Å²) in [6.45, 7) is 4.96. The van der Waals surface area contributed by atoms with Gasteiger partial charge in [-0.1, -0.05) is 289 Å². The van der Waals surface area contributed by atoms with Gasteiger partial charge in [-0.3, -0.25) is 9.59 Å². The van der Waals surface area contributed by atoms with Crippen LogP contribution in [-0.2, 0) is 14.3 Å². The predicted octanol–water partition coefficient (Wildman–Crippen LogP) is 18.9. The summed E-state index contributed by atoms with van der Waals surface area (Å²) < 4.78 is 5.47. The van der Waals surface area contributed by atoms with Crippen LogP contribution in [0.15, 0.2) is 12.2 Å². The molecule has 2 atom stereocenters. The normalized spacial score (nSPS) is 12.6. The zero-order valence-electron chi connectivity index (χ0n) is 45.4. The summed E-state index contributed by atoms with van der Waals surface area (Å²) in [5, 5.41) is 23.3. The van der Waals surface area contributed by atoms with E-state index in [2.05, 4.69) is 31.3 Å². The van der Waals surface area contributed by atoms with Crippen LogP contribution in [0.25, 0.3) is 0 Å². The molecule has 0 bridgehead atoms. The third-order valence-corrected chi connectivity index (χ3v) is 14.3. The number of hydrogen-bond acceptors (Lipinski definition) is 5. The number of hydrogen-bond donors (Lipinski definition) is 3. The fourth-order valence-electron chi connectivity index (χ4n) is 9.64. The van der Waals surface area contributed by atoms with E-state index in [1.807, 2.05) is 0 Å². The number of rotatable bonds is 57. The third kappa shape index (κ3) is 53.8. The van der Waals surface area contributed by atoms with Gasteiger partial charge in [0.1, 0.15) is 0 Å². The van der Waals surface area contributed by atoms with Crippen molar-refractivity contribution in [3.8, 4) is 0 Å². The van der Waals surface area contributed by atoms with Gasteiger partial charge in [-0.25, -0.2) is 0 Å². The zero-order chi connectivity index (χ0) is 48.6. The van der Waals surface area contributed by atoms with E-state index in [9.17, 15) is 19.8 Å².